The van der Waals surface area contributed by atoms with Crippen molar-refractivity contribution in [2.24, 2.45) is 0 Å². The second kappa shape index (κ2) is 5.69. The molecule has 0 bridgehead atoms. The van der Waals surface area contributed by atoms with Gasteiger partial charge < -0.3 is 15.0 Å². The van der Waals surface area contributed by atoms with Crippen LogP contribution in [0.5, 0.6) is 0 Å². The van der Waals surface area contributed by atoms with Crippen molar-refractivity contribution in [3.05, 3.63) is 0 Å². The number of carbonyl (C=O) groups excluding carboxylic acids is 2. The zero-order valence-electron chi connectivity index (χ0n) is 11.0. The molecule has 2 rings (SSSR count). The van der Waals surface area contributed by atoms with Crippen molar-refractivity contribution in [3.63, 3.8) is 0 Å². The van der Waals surface area contributed by atoms with Crippen LogP contribution in [-0.4, -0.2) is 49.1 Å². The minimum Gasteiger partial charge on any atom is -0.385 e. The first-order chi connectivity index (χ1) is 8.68. The molecule has 102 valence electrons. The van der Waals surface area contributed by atoms with Crippen molar-refractivity contribution in [3.8, 4) is 0 Å². The van der Waals surface area contributed by atoms with Crippen molar-refractivity contribution >= 4 is 11.8 Å². The fourth-order valence-electron chi connectivity index (χ4n) is 2.95. The van der Waals surface area contributed by atoms with E-state index in [4.69, 9.17) is 4.74 Å². The fourth-order valence-corrected chi connectivity index (χ4v) is 2.95. The van der Waals surface area contributed by atoms with Crippen LogP contribution >= 0.6 is 0 Å². The molecule has 0 aromatic heterocycles. The highest BCUT2D eigenvalue weighted by Gasteiger charge is 2.46. The number of amides is 2. The molecule has 0 aromatic carbocycles. The number of rotatable bonds is 4. The maximum absolute atomic E-state index is 12.6. The minimum absolute atomic E-state index is 0.0134. The van der Waals surface area contributed by atoms with Crippen LogP contribution < -0.4 is 5.32 Å². The topological polar surface area (TPSA) is 58.6 Å². The van der Waals surface area contributed by atoms with Gasteiger partial charge >= 0.3 is 0 Å². The lowest BCUT2D eigenvalue weighted by molar-refractivity contribution is -0.138. The van der Waals surface area contributed by atoms with E-state index in [1.54, 1.807) is 7.11 Å². The van der Waals surface area contributed by atoms with Gasteiger partial charge in [0.2, 0.25) is 11.8 Å². The Morgan fingerprint density at radius 3 is 2.72 bits per heavy atom. The molecular weight excluding hydrogens is 232 g/mol. The molecule has 1 aliphatic carbocycles. The second-order valence-electron chi connectivity index (χ2n) is 5.23. The summed E-state index contributed by atoms with van der Waals surface area (Å²) in [4.78, 5) is 26.2. The van der Waals surface area contributed by atoms with Gasteiger partial charge in [0.1, 0.15) is 5.54 Å². The SMILES string of the molecule is COCCCN1CCC(=O)NC2(CCCC2)C1=O. The normalized spacial score (nSPS) is 23.3. The van der Waals surface area contributed by atoms with Crippen LogP contribution in [0.2, 0.25) is 0 Å². The largest absolute Gasteiger partial charge is 0.385 e. The summed E-state index contributed by atoms with van der Waals surface area (Å²) in [7, 11) is 1.66. The molecule has 2 fully saturated rings. The maximum atomic E-state index is 12.6. The molecule has 0 radical (unpaired) electrons. The van der Waals surface area contributed by atoms with Crippen molar-refractivity contribution < 1.29 is 14.3 Å². The van der Waals surface area contributed by atoms with Crippen LogP contribution in [-0.2, 0) is 14.3 Å². The summed E-state index contributed by atoms with van der Waals surface area (Å²) in [6, 6.07) is 0. The van der Waals surface area contributed by atoms with E-state index in [0.717, 1.165) is 32.1 Å². The van der Waals surface area contributed by atoms with Gasteiger partial charge in [-0.25, -0.2) is 0 Å². The Morgan fingerprint density at radius 2 is 2.06 bits per heavy atom. The van der Waals surface area contributed by atoms with Crippen molar-refractivity contribution in [1.29, 1.82) is 0 Å². The Kier molecular flexibility index (Phi) is 4.22. The molecule has 2 aliphatic rings. The molecule has 1 heterocycles. The predicted octanol–water partition coefficient (Wildman–Crippen LogP) is 0.684. The molecule has 5 nitrogen and oxygen atoms in total. The number of methoxy groups -OCH3 is 1. The third kappa shape index (κ3) is 2.66. The second-order valence-corrected chi connectivity index (χ2v) is 5.23. The van der Waals surface area contributed by atoms with E-state index in [2.05, 4.69) is 5.32 Å². The molecule has 0 aromatic rings. The van der Waals surface area contributed by atoms with Gasteiger partial charge in [-0.2, -0.15) is 0 Å². The number of ether oxygens (including phenoxy) is 1. The van der Waals surface area contributed by atoms with Gasteiger partial charge in [-0.1, -0.05) is 12.8 Å². The van der Waals surface area contributed by atoms with E-state index in [1.807, 2.05) is 4.90 Å². The predicted molar refractivity (Wildman–Crippen MR) is 67.0 cm³/mol. The molecule has 0 unspecified atom stereocenters. The third-order valence-corrected chi connectivity index (χ3v) is 3.92. The maximum Gasteiger partial charge on any atom is 0.248 e. The average Bonchev–Trinajstić information content (AvgIpc) is 2.78. The number of nitrogens with zero attached hydrogens (tertiary/aromatic N) is 1. The van der Waals surface area contributed by atoms with Crippen molar-refractivity contribution in [1.82, 2.24) is 10.2 Å². The number of nitrogens with one attached hydrogen (secondary N) is 1. The fraction of sp³-hybridized carbons (Fsp3) is 0.846. The Morgan fingerprint density at radius 1 is 1.33 bits per heavy atom. The van der Waals surface area contributed by atoms with E-state index in [9.17, 15) is 9.59 Å². The quantitative estimate of drug-likeness (QED) is 0.751. The molecule has 1 N–H and O–H groups in total. The van der Waals surface area contributed by atoms with E-state index in [0.29, 0.717) is 26.1 Å². The summed E-state index contributed by atoms with van der Waals surface area (Å²) >= 11 is 0. The van der Waals surface area contributed by atoms with E-state index >= 15 is 0 Å². The van der Waals surface area contributed by atoms with Gasteiger partial charge in [-0.3, -0.25) is 9.59 Å². The van der Waals surface area contributed by atoms with Gasteiger partial charge in [0.25, 0.3) is 0 Å². The van der Waals surface area contributed by atoms with E-state index in [1.165, 1.54) is 0 Å². The molecule has 5 heteroatoms. The summed E-state index contributed by atoms with van der Waals surface area (Å²) in [5, 5.41) is 2.96. The summed E-state index contributed by atoms with van der Waals surface area (Å²) in [5.74, 6) is 0.126. The third-order valence-electron chi connectivity index (χ3n) is 3.92. The van der Waals surface area contributed by atoms with Gasteiger partial charge in [-0.15, -0.1) is 0 Å². The first-order valence-electron chi connectivity index (χ1n) is 6.77. The molecule has 1 aliphatic heterocycles. The highest BCUT2D eigenvalue weighted by molar-refractivity contribution is 5.93. The first kappa shape index (κ1) is 13.3. The molecule has 18 heavy (non-hydrogen) atoms. The summed E-state index contributed by atoms with van der Waals surface area (Å²) in [5.41, 5.74) is -0.597. The van der Waals surface area contributed by atoms with Crippen LogP contribution in [0.3, 0.4) is 0 Å². The highest BCUT2D eigenvalue weighted by Crippen LogP contribution is 2.32. The highest BCUT2D eigenvalue weighted by atomic mass is 16.5. The minimum atomic E-state index is -0.597. The lowest BCUT2D eigenvalue weighted by atomic mass is 9.96. The monoisotopic (exact) mass is 254 g/mol. The van der Waals surface area contributed by atoms with Gasteiger partial charge in [0, 0.05) is 33.2 Å². The van der Waals surface area contributed by atoms with Gasteiger partial charge in [0.05, 0.1) is 0 Å². The van der Waals surface area contributed by atoms with Gasteiger partial charge in [-0.05, 0) is 19.3 Å². The van der Waals surface area contributed by atoms with Crippen molar-refractivity contribution in [2.75, 3.05) is 26.8 Å². The molecule has 1 saturated carbocycles. The summed E-state index contributed by atoms with van der Waals surface area (Å²) in [6.45, 7) is 1.87. The van der Waals surface area contributed by atoms with Gasteiger partial charge in [0.15, 0.2) is 0 Å². The van der Waals surface area contributed by atoms with Crippen LogP contribution in [0.1, 0.15) is 38.5 Å². The molecule has 1 saturated heterocycles. The number of hydrogen-bond acceptors (Lipinski definition) is 3. The number of hydrogen-bond donors (Lipinski definition) is 1. The number of carbonyl (C=O) groups is 2. The lowest BCUT2D eigenvalue weighted by Gasteiger charge is -2.31. The Hall–Kier alpha value is -1.10. The smallest absolute Gasteiger partial charge is 0.248 e. The molecule has 1 spiro atoms. The van der Waals surface area contributed by atoms with Crippen LogP contribution in [0.4, 0.5) is 0 Å². The lowest BCUT2D eigenvalue weighted by Crippen LogP contribution is -2.55. The zero-order chi connectivity index (χ0) is 13.0. The van der Waals surface area contributed by atoms with Crippen LogP contribution in [0.25, 0.3) is 0 Å². The van der Waals surface area contributed by atoms with E-state index in [-0.39, 0.29) is 11.8 Å². The zero-order valence-corrected chi connectivity index (χ0v) is 11.0. The average molecular weight is 254 g/mol. The van der Waals surface area contributed by atoms with Crippen LogP contribution in [0.15, 0.2) is 0 Å². The Bertz CT molecular complexity index is 324. The Labute approximate surface area is 108 Å². The van der Waals surface area contributed by atoms with E-state index < -0.39 is 5.54 Å². The summed E-state index contributed by atoms with van der Waals surface area (Å²) < 4.78 is 5.02. The molecule has 2 amide bonds. The molecular formula is C13H22N2O3. The first-order valence-corrected chi connectivity index (χ1v) is 6.77. The Balaban J connectivity index is 2.06. The molecule has 0 atom stereocenters. The van der Waals surface area contributed by atoms with Crippen molar-refractivity contribution in [2.45, 2.75) is 44.1 Å². The standard InChI is InChI=1S/C13H22N2O3/c1-18-10-4-8-15-9-5-11(16)14-13(12(15)17)6-2-3-7-13/h2-10H2,1H3,(H,14,16). The van der Waals surface area contributed by atoms with Crippen LogP contribution in [0, 0.1) is 0 Å². The summed E-state index contributed by atoms with van der Waals surface area (Å²) in [6.07, 6.45) is 4.87.